The smallest absolute Gasteiger partial charge is 0.228 e. The number of halogens is 1. The van der Waals surface area contributed by atoms with Crippen LogP contribution in [-0.4, -0.2) is 47.8 Å². The summed E-state index contributed by atoms with van der Waals surface area (Å²) in [6, 6.07) is 3.04. The Morgan fingerprint density at radius 3 is 2.35 bits per heavy atom. The Labute approximate surface area is 184 Å². The predicted molar refractivity (Wildman–Crippen MR) is 118 cm³/mol. The lowest BCUT2D eigenvalue weighted by atomic mass is 10.0. The zero-order valence-electron chi connectivity index (χ0n) is 18.5. The number of piperazine rings is 1. The molecule has 1 aromatic rings. The Bertz CT molecular complexity index is 849. The number of fused-ring (bicyclic) bond motifs is 1. The van der Waals surface area contributed by atoms with E-state index in [2.05, 4.69) is 10.2 Å². The predicted octanol–water partition coefficient (Wildman–Crippen LogP) is 3.95. The fraction of sp³-hybridized carbons (Fsp3) is 0.680. The van der Waals surface area contributed by atoms with E-state index in [-0.39, 0.29) is 23.6 Å². The van der Waals surface area contributed by atoms with E-state index in [1.165, 1.54) is 25.3 Å². The van der Waals surface area contributed by atoms with Gasteiger partial charge in [0.15, 0.2) is 0 Å². The molecule has 2 amide bonds. The Morgan fingerprint density at radius 1 is 1.00 bits per heavy atom. The van der Waals surface area contributed by atoms with Crippen molar-refractivity contribution in [1.82, 2.24) is 9.80 Å². The van der Waals surface area contributed by atoms with Gasteiger partial charge in [0.1, 0.15) is 5.82 Å². The van der Waals surface area contributed by atoms with Gasteiger partial charge in [-0.05, 0) is 67.7 Å². The first-order valence-electron chi connectivity index (χ1n) is 12.1. The van der Waals surface area contributed by atoms with Gasteiger partial charge < -0.3 is 10.2 Å². The van der Waals surface area contributed by atoms with Gasteiger partial charge in [-0.1, -0.05) is 19.3 Å². The SMILES string of the molecule is Cc1c(CN2CCN(C(=O)C3CCCC3)CC2)cc(F)cc1NC(=O)C1C2CCCC21. The van der Waals surface area contributed by atoms with Crippen molar-refractivity contribution in [2.45, 2.75) is 58.4 Å². The van der Waals surface area contributed by atoms with Crippen LogP contribution in [0, 0.1) is 36.4 Å². The van der Waals surface area contributed by atoms with Gasteiger partial charge in [0.25, 0.3) is 0 Å². The van der Waals surface area contributed by atoms with E-state index in [0.717, 1.165) is 63.0 Å². The lowest BCUT2D eigenvalue weighted by Gasteiger charge is -2.36. The zero-order chi connectivity index (χ0) is 21.5. The summed E-state index contributed by atoms with van der Waals surface area (Å²) in [5, 5.41) is 3.02. The Balaban J connectivity index is 1.19. The molecule has 6 heteroatoms. The minimum atomic E-state index is -0.304. The van der Waals surface area contributed by atoms with Crippen LogP contribution in [-0.2, 0) is 16.1 Å². The molecule has 5 nitrogen and oxygen atoms in total. The molecule has 1 N–H and O–H groups in total. The topological polar surface area (TPSA) is 52.6 Å². The minimum Gasteiger partial charge on any atom is -0.340 e. The highest BCUT2D eigenvalue weighted by atomic mass is 19.1. The van der Waals surface area contributed by atoms with Gasteiger partial charge in [-0.25, -0.2) is 4.39 Å². The number of carbonyl (C=O) groups excluding carboxylic acids is 2. The normalized spacial score (nSPS) is 28.6. The molecule has 1 saturated heterocycles. The van der Waals surface area contributed by atoms with Crippen LogP contribution < -0.4 is 5.32 Å². The zero-order valence-corrected chi connectivity index (χ0v) is 18.5. The molecule has 1 aliphatic heterocycles. The summed E-state index contributed by atoms with van der Waals surface area (Å²) in [7, 11) is 0. The van der Waals surface area contributed by atoms with Crippen LogP contribution in [0.15, 0.2) is 12.1 Å². The number of rotatable bonds is 5. The number of hydrogen-bond donors (Lipinski definition) is 1. The highest BCUT2D eigenvalue weighted by Crippen LogP contribution is 2.57. The molecule has 31 heavy (non-hydrogen) atoms. The van der Waals surface area contributed by atoms with E-state index in [0.29, 0.717) is 30.0 Å². The maximum atomic E-state index is 14.4. The van der Waals surface area contributed by atoms with Crippen molar-refractivity contribution < 1.29 is 14.0 Å². The van der Waals surface area contributed by atoms with Crippen LogP contribution >= 0.6 is 0 Å². The largest absolute Gasteiger partial charge is 0.340 e. The monoisotopic (exact) mass is 427 g/mol. The first-order chi connectivity index (χ1) is 15.0. The van der Waals surface area contributed by atoms with Gasteiger partial charge >= 0.3 is 0 Å². The lowest BCUT2D eigenvalue weighted by Crippen LogP contribution is -2.49. The maximum Gasteiger partial charge on any atom is 0.228 e. The molecule has 1 heterocycles. The molecule has 1 aromatic carbocycles. The summed E-state index contributed by atoms with van der Waals surface area (Å²) in [6.07, 6.45) is 7.99. The second-order valence-corrected chi connectivity index (χ2v) is 10.1. The molecule has 4 fully saturated rings. The molecule has 4 aliphatic rings. The third-order valence-electron chi connectivity index (χ3n) is 8.23. The van der Waals surface area contributed by atoms with Crippen LogP contribution in [0.2, 0.25) is 0 Å². The number of amides is 2. The Morgan fingerprint density at radius 2 is 1.68 bits per heavy atom. The van der Waals surface area contributed by atoms with Crippen molar-refractivity contribution in [1.29, 1.82) is 0 Å². The highest BCUT2D eigenvalue weighted by molar-refractivity contribution is 5.95. The molecule has 168 valence electrons. The second kappa shape index (κ2) is 8.53. The summed E-state index contributed by atoms with van der Waals surface area (Å²) < 4.78 is 14.4. The summed E-state index contributed by atoms with van der Waals surface area (Å²) in [5.41, 5.74) is 2.48. The van der Waals surface area contributed by atoms with E-state index < -0.39 is 0 Å². The summed E-state index contributed by atoms with van der Waals surface area (Å²) in [6.45, 7) is 5.73. The number of nitrogens with zero attached hydrogens (tertiary/aromatic N) is 2. The fourth-order valence-corrected chi connectivity index (χ4v) is 6.25. The second-order valence-electron chi connectivity index (χ2n) is 10.1. The van der Waals surface area contributed by atoms with E-state index in [9.17, 15) is 14.0 Å². The molecule has 0 radical (unpaired) electrons. The summed E-state index contributed by atoms with van der Waals surface area (Å²) in [5.74, 6) is 1.55. The van der Waals surface area contributed by atoms with Gasteiger partial charge in [0.2, 0.25) is 11.8 Å². The van der Waals surface area contributed by atoms with Crippen LogP contribution in [0.5, 0.6) is 0 Å². The number of benzene rings is 1. The number of anilines is 1. The lowest BCUT2D eigenvalue weighted by molar-refractivity contribution is -0.137. The quantitative estimate of drug-likeness (QED) is 0.774. The molecular weight excluding hydrogens is 393 g/mol. The van der Waals surface area contributed by atoms with E-state index in [1.54, 1.807) is 6.07 Å². The van der Waals surface area contributed by atoms with Gasteiger partial charge in [0.05, 0.1) is 0 Å². The molecule has 5 rings (SSSR count). The number of nitrogens with one attached hydrogen (secondary N) is 1. The highest BCUT2D eigenvalue weighted by Gasteiger charge is 2.56. The first kappa shape index (κ1) is 20.9. The molecule has 2 atom stereocenters. The average molecular weight is 428 g/mol. The van der Waals surface area contributed by atoms with E-state index in [4.69, 9.17) is 0 Å². The molecule has 2 unspecified atom stereocenters. The number of hydrogen-bond acceptors (Lipinski definition) is 3. The van der Waals surface area contributed by atoms with Crippen molar-refractivity contribution in [3.63, 3.8) is 0 Å². The van der Waals surface area contributed by atoms with Gasteiger partial charge in [-0.3, -0.25) is 14.5 Å². The molecule has 0 bridgehead atoms. The summed E-state index contributed by atoms with van der Waals surface area (Å²) >= 11 is 0. The van der Waals surface area contributed by atoms with Gasteiger partial charge in [-0.15, -0.1) is 0 Å². The van der Waals surface area contributed by atoms with Crippen molar-refractivity contribution in [3.8, 4) is 0 Å². The standard InChI is InChI=1S/C25H34FN3O2/c1-16-18(15-28-9-11-29(12-10-28)25(31)17-5-2-3-6-17)13-19(26)14-22(16)27-24(30)23-20-7-4-8-21(20)23/h13-14,17,20-21,23H,2-12,15H2,1H3,(H,27,30). The van der Waals surface area contributed by atoms with Gasteiger partial charge in [0, 0.05) is 50.2 Å². The van der Waals surface area contributed by atoms with E-state index >= 15 is 0 Å². The minimum absolute atomic E-state index is 0.0633. The Kier molecular flexibility index (Phi) is 5.76. The average Bonchev–Trinajstić information content (AvgIpc) is 3.14. The van der Waals surface area contributed by atoms with Gasteiger partial charge in [-0.2, -0.15) is 0 Å². The van der Waals surface area contributed by atoms with E-state index in [1.807, 2.05) is 11.8 Å². The van der Waals surface area contributed by atoms with Crippen LogP contribution in [0.4, 0.5) is 10.1 Å². The molecule has 3 aliphatic carbocycles. The molecule has 3 saturated carbocycles. The Hall–Kier alpha value is -1.95. The van der Waals surface area contributed by atoms with Crippen molar-refractivity contribution in [2.75, 3.05) is 31.5 Å². The molecular formula is C25H34FN3O2. The number of carbonyl (C=O) groups is 2. The van der Waals surface area contributed by atoms with Crippen molar-refractivity contribution in [3.05, 3.63) is 29.1 Å². The van der Waals surface area contributed by atoms with Crippen molar-refractivity contribution in [2.24, 2.45) is 23.7 Å². The van der Waals surface area contributed by atoms with Crippen molar-refractivity contribution >= 4 is 17.5 Å². The molecule has 0 aromatic heterocycles. The fourth-order valence-electron chi connectivity index (χ4n) is 6.25. The maximum absolute atomic E-state index is 14.4. The first-order valence-corrected chi connectivity index (χ1v) is 12.1. The summed E-state index contributed by atoms with van der Waals surface area (Å²) in [4.78, 5) is 29.6. The third-order valence-corrected chi connectivity index (χ3v) is 8.23. The molecule has 0 spiro atoms. The van der Waals surface area contributed by atoms with Crippen LogP contribution in [0.1, 0.15) is 56.1 Å². The van der Waals surface area contributed by atoms with Crippen LogP contribution in [0.25, 0.3) is 0 Å². The van der Waals surface area contributed by atoms with Crippen LogP contribution in [0.3, 0.4) is 0 Å². The third kappa shape index (κ3) is 4.23.